The van der Waals surface area contributed by atoms with E-state index in [1.165, 1.54) is 13.2 Å². The summed E-state index contributed by atoms with van der Waals surface area (Å²) in [5.41, 5.74) is 0.584. The third-order valence-electron chi connectivity index (χ3n) is 4.98. The third kappa shape index (κ3) is 7.24. The standard InChI is InChI=1S/C25H25ClN2O6/c1-31-23-16-18(15-19(17-27)25(30)28-10-13-32-14-11-28)4-9-22(23)34-24(29)3-2-12-33-21-7-5-20(26)6-8-21/h4-9,15-16H,2-3,10-14H2,1H3/b19-15+. The second kappa shape index (κ2) is 12.6. The topological polar surface area (TPSA) is 98.1 Å². The number of hydrogen-bond donors (Lipinski definition) is 0. The zero-order valence-electron chi connectivity index (χ0n) is 18.8. The van der Waals surface area contributed by atoms with Crippen LogP contribution in [0.1, 0.15) is 18.4 Å². The van der Waals surface area contributed by atoms with Crippen LogP contribution in [0.2, 0.25) is 5.02 Å². The van der Waals surface area contributed by atoms with E-state index in [1.54, 1.807) is 47.4 Å². The summed E-state index contributed by atoms with van der Waals surface area (Å²) in [6, 6.07) is 13.8. The van der Waals surface area contributed by atoms with Gasteiger partial charge in [0.1, 0.15) is 17.4 Å². The van der Waals surface area contributed by atoms with Gasteiger partial charge in [0.2, 0.25) is 0 Å². The molecule has 0 spiro atoms. The number of methoxy groups -OCH3 is 1. The van der Waals surface area contributed by atoms with Gasteiger partial charge in [-0.25, -0.2) is 0 Å². The minimum Gasteiger partial charge on any atom is -0.494 e. The van der Waals surface area contributed by atoms with Gasteiger partial charge in [-0.1, -0.05) is 17.7 Å². The Bertz CT molecular complexity index is 1070. The number of benzene rings is 2. The fourth-order valence-electron chi connectivity index (χ4n) is 3.21. The first-order chi connectivity index (χ1) is 16.5. The Kier molecular flexibility index (Phi) is 9.32. The maximum Gasteiger partial charge on any atom is 0.311 e. The second-order valence-corrected chi connectivity index (χ2v) is 7.80. The van der Waals surface area contributed by atoms with E-state index in [9.17, 15) is 14.9 Å². The molecule has 1 saturated heterocycles. The molecule has 0 bridgehead atoms. The highest BCUT2D eigenvalue weighted by Crippen LogP contribution is 2.29. The molecule has 2 aromatic rings. The number of esters is 1. The lowest BCUT2D eigenvalue weighted by molar-refractivity contribution is -0.134. The van der Waals surface area contributed by atoms with Crippen molar-refractivity contribution in [1.29, 1.82) is 5.26 Å². The molecule has 0 unspecified atom stereocenters. The molecule has 1 amide bonds. The predicted octanol–water partition coefficient (Wildman–Crippen LogP) is 3.88. The minimum absolute atomic E-state index is 0.00869. The van der Waals surface area contributed by atoms with Crippen molar-refractivity contribution in [2.24, 2.45) is 0 Å². The first kappa shape index (κ1) is 25.1. The first-order valence-corrected chi connectivity index (χ1v) is 11.1. The summed E-state index contributed by atoms with van der Waals surface area (Å²) in [7, 11) is 1.45. The number of amides is 1. The van der Waals surface area contributed by atoms with Gasteiger partial charge in [-0.3, -0.25) is 9.59 Å². The number of nitriles is 1. The van der Waals surface area contributed by atoms with Crippen LogP contribution in [-0.4, -0.2) is 56.8 Å². The van der Waals surface area contributed by atoms with Gasteiger partial charge in [-0.05, 0) is 54.5 Å². The number of morpholine rings is 1. The highest BCUT2D eigenvalue weighted by molar-refractivity contribution is 6.30. The van der Waals surface area contributed by atoms with E-state index < -0.39 is 5.97 Å². The van der Waals surface area contributed by atoms with Crippen molar-refractivity contribution in [2.45, 2.75) is 12.8 Å². The molecule has 8 nitrogen and oxygen atoms in total. The van der Waals surface area contributed by atoms with Crippen LogP contribution in [0.15, 0.2) is 48.0 Å². The predicted molar refractivity (Wildman–Crippen MR) is 126 cm³/mol. The van der Waals surface area contributed by atoms with Crippen LogP contribution in [0.3, 0.4) is 0 Å². The maximum atomic E-state index is 12.6. The summed E-state index contributed by atoms with van der Waals surface area (Å²) in [5.74, 6) is 0.464. The molecule has 3 rings (SSSR count). The van der Waals surface area contributed by atoms with Gasteiger partial charge < -0.3 is 23.8 Å². The highest BCUT2D eigenvalue weighted by atomic mass is 35.5. The van der Waals surface area contributed by atoms with Crippen molar-refractivity contribution < 1.29 is 28.5 Å². The average molecular weight is 485 g/mol. The maximum absolute atomic E-state index is 12.6. The van der Waals surface area contributed by atoms with Crippen LogP contribution < -0.4 is 14.2 Å². The number of nitrogens with zero attached hydrogens (tertiary/aromatic N) is 2. The largest absolute Gasteiger partial charge is 0.494 e. The second-order valence-electron chi connectivity index (χ2n) is 7.36. The van der Waals surface area contributed by atoms with Crippen LogP contribution in [0.25, 0.3) is 6.08 Å². The van der Waals surface area contributed by atoms with E-state index in [-0.39, 0.29) is 23.7 Å². The van der Waals surface area contributed by atoms with Crippen molar-refractivity contribution in [3.8, 4) is 23.3 Å². The molecule has 0 aromatic heterocycles. The smallest absolute Gasteiger partial charge is 0.311 e. The molecule has 2 aromatic carbocycles. The molecule has 0 atom stereocenters. The Hall–Kier alpha value is -3.54. The Labute approximate surface area is 203 Å². The Morgan fingerprint density at radius 2 is 1.88 bits per heavy atom. The molecule has 1 heterocycles. The van der Waals surface area contributed by atoms with Crippen molar-refractivity contribution in [1.82, 2.24) is 4.90 Å². The van der Waals surface area contributed by atoms with Crippen molar-refractivity contribution in [3.05, 3.63) is 58.6 Å². The first-order valence-electron chi connectivity index (χ1n) is 10.8. The fraction of sp³-hybridized carbons (Fsp3) is 0.320. The molecule has 1 aliphatic heterocycles. The third-order valence-corrected chi connectivity index (χ3v) is 5.23. The molecule has 0 radical (unpaired) electrons. The van der Waals surface area contributed by atoms with E-state index in [0.717, 1.165) is 0 Å². The van der Waals surface area contributed by atoms with Crippen LogP contribution >= 0.6 is 11.6 Å². The molecule has 0 N–H and O–H groups in total. The normalized spacial score (nSPS) is 13.7. The lowest BCUT2D eigenvalue weighted by Gasteiger charge is -2.26. The van der Waals surface area contributed by atoms with Crippen molar-refractivity contribution >= 4 is 29.6 Å². The molecule has 9 heteroatoms. The molecule has 1 aliphatic rings. The van der Waals surface area contributed by atoms with Gasteiger partial charge in [0.15, 0.2) is 11.5 Å². The van der Waals surface area contributed by atoms with Crippen LogP contribution in [0.5, 0.6) is 17.2 Å². The lowest BCUT2D eigenvalue weighted by atomic mass is 10.1. The summed E-state index contributed by atoms with van der Waals surface area (Å²) in [6.07, 6.45) is 2.12. The number of ether oxygens (including phenoxy) is 4. The Morgan fingerprint density at radius 3 is 2.56 bits per heavy atom. The zero-order chi connectivity index (χ0) is 24.3. The summed E-state index contributed by atoms with van der Waals surface area (Å²) in [6.45, 7) is 2.14. The molecule has 1 fully saturated rings. The average Bonchev–Trinajstić information content (AvgIpc) is 2.87. The number of halogens is 1. The van der Waals surface area contributed by atoms with Crippen molar-refractivity contribution in [2.75, 3.05) is 40.0 Å². The van der Waals surface area contributed by atoms with Gasteiger partial charge >= 0.3 is 5.97 Å². The van der Waals surface area contributed by atoms with E-state index in [1.807, 2.05) is 6.07 Å². The molecular formula is C25H25ClN2O6. The summed E-state index contributed by atoms with van der Waals surface area (Å²) in [5, 5.41) is 10.1. The number of hydrogen-bond acceptors (Lipinski definition) is 7. The lowest BCUT2D eigenvalue weighted by Crippen LogP contribution is -2.41. The summed E-state index contributed by atoms with van der Waals surface area (Å²) in [4.78, 5) is 26.4. The quantitative estimate of drug-likeness (QED) is 0.175. The highest BCUT2D eigenvalue weighted by Gasteiger charge is 2.21. The monoisotopic (exact) mass is 484 g/mol. The Morgan fingerprint density at radius 1 is 1.15 bits per heavy atom. The molecular weight excluding hydrogens is 460 g/mol. The van der Waals surface area contributed by atoms with Gasteiger partial charge in [0.05, 0.1) is 26.9 Å². The van der Waals surface area contributed by atoms with Crippen LogP contribution in [0, 0.1) is 11.3 Å². The number of rotatable bonds is 9. The van der Waals surface area contributed by atoms with E-state index in [4.69, 9.17) is 30.5 Å². The number of carbonyl (C=O) groups is 2. The summed E-state index contributed by atoms with van der Waals surface area (Å²) < 4.78 is 21.6. The minimum atomic E-state index is -0.429. The zero-order valence-corrected chi connectivity index (χ0v) is 19.5. The molecule has 34 heavy (non-hydrogen) atoms. The molecule has 0 aliphatic carbocycles. The number of carbonyl (C=O) groups excluding carboxylic acids is 2. The van der Waals surface area contributed by atoms with Crippen LogP contribution in [0.4, 0.5) is 0 Å². The van der Waals surface area contributed by atoms with E-state index >= 15 is 0 Å². The van der Waals surface area contributed by atoms with E-state index in [0.29, 0.717) is 61.4 Å². The van der Waals surface area contributed by atoms with Gasteiger partial charge in [0.25, 0.3) is 5.91 Å². The SMILES string of the molecule is COc1cc(/C=C(\C#N)C(=O)N2CCOCC2)ccc1OC(=O)CCCOc1ccc(Cl)cc1. The van der Waals surface area contributed by atoms with Gasteiger partial charge in [0, 0.05) is 24.5 Å². The van der Waals surface area contributed by atoms with Gasteiger partial charge in [-0.15, -0.1) is 0 Å². The Balaban J connectivity index is 1.56. The van der Waals surface area contributed by atoms with E-state index in [2.05, 4.69) is 0 Å². The van der Waals surface area contributed by atoms with Crippen molar-refractivity contribution in [3.63, 3.8) is 0 Å². The fourth-order valence-corrected chi connectivity index (χ4v) is 3.34. The molecule has 0 saturated carbocycles. The van der Waals surface area contributed by atoms with Gasteiger partial charge in [-0.2, -0.15) is 5.26 Å². The molecule has 178 valence electrons. The summed E-state index contributed by atoms with van der Waals surface area (Å²) >= 11 is 5.84. The van der Waals surface area contributed by atoms with Crippen LogP contribution in [-0.2, 0) is 14.3 Å².